The van der Waals surface area contributed by atoms with Crippen LogP contribution in [0.3, 0.4) is 0 Å². The largest absolute Gasteiger partial charge is 0.399 e. The molecule has 2 atom stereocenters. The molecule has 0 aromatic heterocycles. The third-order valence-electron chi connectivity index (χ3n) is 3.68. The number of hydrogen-bond donors (Lipinski definition) is 5. The Morgan fingerprint density at radius 1 is 1.15 bits per heavy atom. The molecule has 0 amide bonds. The lowest BCUT2D eigenvalue weighted by molar-refractivity contribution is -0.131. The number of nitrogens with two attached hydrogens (primary N) is 1. The Morgan fingerprint density at radius 2 is 1.60 bits per heavy atom. The van der Waals surface area contributed by atoms with Gasteiger partial charge < -0.3 is 25.7 Å². The monoisotopic (exact) mass is 303 g/mol. The van der Waals surface area contributed by atoms with Crippen LogP contribution in [0.1, 0.15) is 32.3 Å². The molecule has 6 nitrogen and oxygen atoms in total. The molecule has 20 heavy (non-hydrogen) atoms. The Labute approximate surface area is 118 Å². The molecule has 1 rings (SSSR count). The highest BCUT2D eigenvalue weighted by Gasteiger charge is 2.47. The van der Waals surface area contributed by atoms with Crippen molar-refractivity contribution < 1.29 is 24.6 Å². The van der Waals surface area contributed by atoms with Gasteiger partial charge >= 0.3 is 7.60 Å². The topological polar surface area (TPSA) is 124 Å². The molecule has 0 heterocycles. The van der Waals surface area contributed by atoms with E-state index >= 15 is 0 Å². The second-order valence-corrected chi connectivity index (χ2v) is 7.47. The van der Waals surface area contributed by atoms with Crippen LogP contribution in [0.5, 0.6) is 0 Å². The summed E-state index contributed by atoms with van der Waals surface area (Å²) in [5.74, 6) is -0.927. The van der Waals surface area contributed by atoms with Crippen LogP contribution >= 0.6 is 7.60 Å². The molecule has 114 valence electrons. The molecular weight excluding hydrogens is 281 g/mol. The fraction of sp³-hybridized carbons (Fsp3) is 0.538. The van der Waals surface area contributed by atoms with E-state index in [0.29, 0.717) is 11.3 Å². The first-order valence-electron chi connectivity index (χ1n) is 6.19. The Hall–Kier alpha value is -0.910. The fourth-order valence-electron chi connectivity index (χ4n) is 2.00. The molecule has 0 fully saturated rings. The van der Waals surface area contributed by atoms with Gasteiger partial charge in [0.15, 0.2) is 0 Å². The van der Waals surface area contributed by atoms with Gasteiger partial charge in [-0.3, -0.25) is 4.57 Å². The van der Waals surface area contributed by atoms with Gasteiger partial charge in [0.25, 0.3) is 0 Å². The van der Waals surface area contributed by atoms with Gasteiger partial charge in [-0.15, -0.1) is 0 Å². The number of anilines is 1. The van der Waals surface area contributed by atoms with Crippen LogP contribution in [0.4, 0.5) is 5.69 Å². The Bertz CT molecular complexity index is 500. The third-order valence-corrected chi connectivity index (χ3v) is 4.52. The lowest BCUT2D eigenvalue weighted by Crippen LogP contribution is -2.52. The molecule has 0 aliphatic heterocycles. The molecule has 1 aromatic carbocycles. The van der Waals surface area contributed by atoms with E-state index < -0.39 is 30.9 Å². The average Bonchev–Trinajstić information content (AvgIpc) is 2.24. The summed E-state index contributed by atoms with van der Waals surface area (Å²) in [6, 6.07) is 6.36. The van der Waals surface area contributed by atoms with Gasteiger partial charge in [-0.1, -0.05) is 12.1 Å². The van der Waals surface area contributed by atoms with Crippen LogP contribution in [-0.4, -0.2) is 37.4 Å². The molecule has 2 unspecified atom stereocenters. The van der Waals surface area contributed by atoms with Crippen molar-refractivity contribution in [1.82, 2.24) is 0 Å². The maximum atomic E-state index is 11.3. The number of rotatable bonds is 5. The van der Waals surface area contributed by atoms with Gasteiger partial charge in [0.1, 0.15) is 0 Å². The van der Waals surface area contributed by atoms with E-state index in [2.05, 4.69) is 0 Å². The Balaban J connectivity index is 3.29. The second kappa shape index (κ2) is 5.47. The van der Waals surface area contributed by atoms with Crippen LogP contribution in [0.15, 0.2) is 24.3 Å². The summed E-state index contributed by atoms with van der Waals surface area (Å²) in [5.41, 5.74) is 3.35. The van der Waals surface area contributed by atoms with Gasteiger partial charge in [-0.05, 0) is 38.5 Å². The highest BCUT2D eigenvalue weighted by molar-refractivity contribution is 7.51. The van der Waals surface area contributed by atoms with E-state index in [-0.39, 0.29) is 0 Å². The smallest absolute Gasteiger partial charge is 0.326 e. The van der Waals surface area contributed by atoms with Crippen LogP contribution in [0, 0.1) is 0 Å². The minimum absolute atomic E-state index is 0.506. The van der Waals surface area contributed by atoms with Gasteiger partial charge in [0, 0.05) is 11.6 Å². The predicted octanol–water partition coefficient (Wildman–Crippen LogP) is 1.05. The minimum atomic E-state index is -4.37. The first-order chi connectivity index (χ1) is 8.84. The summed E-state index contributed by atoms with van der Waals surface area (Å²) in [7, 11) is -4.37. The number of aliphatic hydroxyl groups is 2. The molecule has 0 aliphatic rings. The molecule has 0 radical (unpaired) electrons. The van der Waals surface area contributed by atoms with E-state index in [9.17, 15) is 24.6 Å². The zero-order valence-electron chi connectivity index (χ0n) is 11.8. The minimum Gasteiger partial charge on any atom is -0.399 e. The van der Waals surface area contributed by atoms with Crippen LogP contribution in [-0.2, 0) is 4.57 Å². The third kappa shape index (κ3) is 4.04. The predicted molar refractivity (Wildman–Crippen MR) is 77.4 cm³/mol. The molecule has 0 saturated carbocycles. The van der Waals surface area contributed by atoms with Crippen LogP contribution in [0.2, 0.25) is 0 Å². The average molecular weight is 303 g/mol. The maximum absolute atomic E-state index is 11.3. The lowest BCUT2D eigenvalue weighted by Gasteiger charge is -2.42. The zero-order chi connectivity index (χ0) is 15.8. The molecule has 0 aliphatic carbocycles. The van der Waals surface area contributed by atoms with E-state index in [1.807, 2.05) is 0 Å². The van der Waals surface area contributed by atoms with Crippen molar-refractivity contribution in [2.75, 3.05) is 11.9 Å². The first kappa shape index (κ1) is 17.1. The molecule has 6 N–H and O–H groups in total. The zero-order valence-corrected chi connectivity index (χ0v) is 12.7. The van der Waals surface area contributed by atoms with Gasteiger partial charge in [-0.25, -0.2) is 0 Å². The van der Waals surface area contributed by atoms with Gasteiger partial charge in [0.05, 0.1) is 17.4 Å². The molecule has 7 heteroatoms. The maximum Gasteiger partial charge on any atom is 0.326 e. The highest BCUT2D eigenvalue weighted by Crippen LogP contribution is 2.47. The number of nitrogen functional groups attached to an aromatic ring is 1. The van der Waals surface area contributed by atoms with Gasteiger partial charge in [0.2, 0.25) is 0 Å². The molecular formula is C13H22NO5P. The van der Waals surface area contributed by atoms with Crippen LogP contribution in [0.25, 0.3) is 0 Å². The van der Waals surface area contributed by atoms with Crippen molar-refractivity contribution in [3.05, 3.63) is 29.8 Å². The normalized spacial score (nSPS) is 17.6. The van der Waals surface area contributed by atoms with E-state index in [4.69, 9.17) is 5.73 Å². The summed E-state index contributed by atoms with van der Waals surface area (Å²) >= 11 is 0. The van der Waals surface area contributed by atoms with Crippen molar-refractivity contribution in [3.63, 3.8) is 0 Å². The van der Waals surface area contributed by atoms with Crippen molar-refractivity contribution in [3.8, 4) is 0 Å². The van der Waals surface area contributed by atoms with E-state index in [0.717, 1.165) is 0 Å². The highest BCUT2D eigenvalue weighted by atomic mass is 31.2. The quantitative estimate of drug-likeness (QED) is 0.409. The van der Waals surface area contributed by atoms with Crippen LogP contribution < -0.4 is 5.73 Å². The van der Waals surface area contributed by atoms with E-state index in [1.165, 1.54) is 20.8 Å². The lowest BCUT2D eigenvalue weighted by atomic mass is 9.74. The Morgan fingerprint density at radius 3 is 1.95 bits per heavy atom. The summed E-state index contributed by atoms with van der Waals surface area (Å²) in [5, 5.41) is 20.7. The summed E-state index contributed by atoms with van der Waals surface area (Å²) in [6.07, 6.45) is -0.562. The Kier molecular flexibility index (Phi) is 4.69. The first-order valence-corrected chi connectivity index (χ1v) is 7.99. The van der Waals surface area contributed by atoms with Crippen molar-refractivity contribution >= 4 is 13.3 Å². The molecule has 0 saturated heterocycles. The summed E-state index contributed by atoms with van der Waals surface area (Å²) in [4.78, 5) is 18.5. The number of benzene rings is 1. The fourth-order valence-corrected chi connectivity index (χ4v) is 3.04. The number of hydrogen-bond acceptors (Lipinski definition) is 4. The second-order valence-electron chi connectivity index (χ2n) is 5.77. The SMILES string of the molecule is CC(C)(O)C(C)(O)C(CP(=O)(O)O)c1ccc(N)cc1. The standard InChI is InChI=1S/C13H22NO5P/c1-12(2,15)13(3,16)11(8-20(17,18)19)9-4-6-10(14)7-5-9/h4-7,11,15-16H,8,14H2,1-3H3,(H2,17,18,19). The summed E-state index contributed by atoms with van der Waals surface area (Å²) in [6.45, 7) is 4.16. The molecule has 0 spiro atoms. The van der Waals surface area contributed by atoms with E-state index in [1.54, 1.807) is 24.3 Å². The van der Waals surface area contributed by atoms with Gasteiger partial charge in [-0.2, -0.15) is 0 Å². The van der Waals surface area contributed by atoms with Crippen molar-refractivity contribution in [1.29, 1.82) is 0 Å². The summed E-state index contributed by atoms with van der Waals surface area (Å²) < 4.78 is 11.3. The molecule has 1 aromatic rings. The van der Waals surface area contributed by atoms with Crippen molar-refractivity contribution in [2.24, 2.45) is 0 Å². The molecule has 0 bridgehead atoms. The van der Waals surface area contributed by atoms with Crippen molar-refractivity contribution in [2.45, 2.75) is 37.9 Å².